The van der Waals surface area contributed by atoms with Gasteiger partial charge in [0.25, 0.3) is 5.91 Å². The highest BCUT2D eigenvalue weighted by Gasteiger charge is 2.42. The highest BCUT2D eigenvalue weighted by atomic mass is 16.6. The standard InChI is InChI=1S/C33H49N3O4/c1-20(2)19-26(34-31(39)40-33(10,11)12)30(38)36(32(7,8)9)28(25-18-14-15-21(3)24(25)6)29(37)35-27-22(4)16-13-17-23(27)5/h13-18,20,26,28H,19H2,1-12H3,(H,34,39)(H,35,37). The van der Waals surface area contributed by atoms with Crippen LogP contribution in [0.1, 0.15) is 95.7 Å². The maximum absolute atomic E-state index is 14.5. The molecule has 0 spiro atoms. The van der Waals surface area contributed by atoms with Gasteiger partial charge >= 0.3 is 6.09 Å². The van der Waals surface area contributed by atoms with Gasteiger partial charge in [-0.25, -0.2) is 4.79 Å². The largest absolute Gasteiger partial charge is 0.444 e. The summed E-state index contributed by atoms with van der Waals surface area (Å²) in [5, 5.41) is 5.95. The third-order valence-electron chi connectivity index (χ3n) is 6.83. The number of amides is 3. The number of hydrogen-bond donors (Lipinski definition) is 2. The molecular formula is C33H49N3O4. The number of rotatable bonds is 8. The van der Waals surface area contributed by atoms with E-state index in [9.17, 15) is 14.4 Å². The predicted molar refractivity (Wildman–Crippen MR) is 162 cm³/mol. The molecule has 2 aromatic carbocycles. The molecule has 0 aliphatic carbocycles. The van der Waals surface area contributed by atoms with Crippen molar-refractivity contribution in [1.29, 1.82) is 0 Å². The minimum Gasteiger partial charge on any atom is -0.444 e. The van der Waals surface area contributed by atoms with Crippen LogP contribution in [0.2, 0.25) is 0 Å². The number of aryl methyl sites for hydroxylation is 3. The first-order valence-corrected chi connectivity index (χ1v) is 14.1. The SMILES string of the molecule is Cc1cccc(C(C(=O)Nc2c(C)cccc2C)N(C(=O)C(CC(C)C)NC(=O)OC(C)(C)C)C(C)(C)C)c1C. The summed E-state index contributed by atoms with van der Waals surface area (Å²) in [5.74, 6) is -0.544. The summed E-state index contributed by atoms with van der Waals surface area (Å²) < 4.78 is 5.50. The average molecular weight is 552 g/mol. The number of carbonyl (C=O) groups is 3. The first-order chi connectivity index (χ1) is 18.3. The van der Waals surface area contributed by atoms with Crippen LogP contribution >= 0.6 is 0 Å². The molecule has 0 radical (unpaired) electrons. The average Bonchev–Trinajstić information content (AvgIpc) is 2.78. The predicted octanol–water partition coefficient (Wildman–Crippen LogP) is 7.17. The van der Waals surface area contributed by atoms with Crippen molar-refractivity contribution >= 4 is 23.6 Å². The number of ether oxygens (including phenoxy) is 1. The Morgan fingerprint density at radius 3 is 1.88 bits per heavy atom. The second kappa shape index (κ2) is 12.9. The van der Waals surface area contributed by atoms with Crippen LogP contribution in [0.5, 0.6) is 0 Å². The first kappa shape index (κ1) is 32.9. The fraction of sp³-hybridized carbons (Fsp3) is 0.545. The molecule has 0 fully saturated rings. The lowest BCUT2D eigenvalue weighted by Crippen LogP contribution is -2.58. The molecule has 0 bridgehead atoms. The normalized spacial score (nSPS) is 13.4. The lowest BCUT2D eigenvalue weighted by atomic mass is 9.90. The van der Waals surface area contributed by atoms with Crippen molar-refractivity contribution in [3.8, 4) is 0 Å². The number of anilines is 1. The fourth-order valence-electron chi connectivity index (χ4n) is 4.83. The molecule has 7 heteroatoms. The van der Waals surface area contributed by atoms with E-state index in [0.29, 0.717) is 6.42 Å². The van der Waals surface area contributed by atoms with E-state index in [1.54, 1.807) is 25.7 Å². The highest BCUT2D eigenvalue weighted by molar-refractivity contribution is 6.00. The molecule has 0 aromatic heterocycles. The van der Waals surface area contributed by atoms with Crippen LogP contribution in [0.3, 0.4) is 0 Å². The molecule has 7 nitrogen and oxygen atoms in total. The molecule has 2 unspecified atom stereocenters. The molecular weight excluding hydrogens is 502 g/mol. The second-order valence-electron chi connectivity index (χ2n) is 13.2. The van der Waals surface area contributed by atoms with Crippen LogP contribution in [-0.4, -0.2) is 40.0 Å². The Kier molecular flexibility index (Phi) is 10.6. The molecule has 0 aliphatic rings. The van der Waals surface area contributed by atoms with Crippen molar-refractivity contribution in [2.24, 2.45) is 5.92 Å². The summed E-state index contributed by atoms with van der Waals surface area (Å²) in [6.45, 7) is 22.9. The topological polar surface area (TPSA) is 87.7 Å². The molecule has 220 valence electrons. The summed E-state index contributed by atoms with van der Waals surface area (Å²) in [6, 6.07) is 9.84. The Labute approximate surface area is 241 Å². The van der Waals surface area contributed by atoms with Gasteiger partial charge in [-0.05, 0) is 109 Å². The fourth-order valence-corrected chi connectivity index (χ4v) is 4.83. The van der Waals surface area contributed by atoms with Crippen molar-refractivity contribution in [3.63, 3.8) is 0 Å². The molecule has 3 amide bonds. The Hall–Kier alpha value is -3.35. The number of nitrogens with zero attached hydrogens (tertiary/aromatic N) is 1. The van der Waals surface area contributed by atoms with E-state index in [2.05, 4.69) is 10.6 Å². The summed E-state index contributed by atoms with van der Waals surface area (Å²) in [4.78, 5) is 43.3. The van der Waals surface area contributed by atoms with Crippen molar-refractivity contribution in [1.82, 2.24) is 10.2 Å². The zero-order chi connectivity index (χ0) is 30.6. The monoisotopic (exact) mass is 551 g/mol. The third kappa shape index (κ3) is 8.57. The van der Waals surface area contributed by atoms with Crippen LogP contribution in [0.15, 0.2) is 36.4 Å². The number of hydrogen-bond acceptors (Lipinski definition) is 4. The van der Waals surface area contributed by atoms with Gasteiger partial charge in [0.1, 0.15) is 17.7 Å². The Morgan fingerprint density at radius 2 is 1.38 bits per heavy atom. The van der Waals surface area contributed by atoms with Crippen molar-refractivity contribution in [3.05, 3.63) is 64.2 Å². The van der Waals surface area contributed by atoms with Crippen molar-refractivity contribution in [2.75, 3.05) is 5.32 Å². The second-order valence-corrected chi connectivity index (χ2v) is 13.2. The van der Waals surface area contributed by atoms with Crippen molar-refractivity contribution < 1.29 is 19.1 Å². The van der Waals surface area contributed by atoms with Crippen LogP contribution in [-0.2, 0) is 14.3 Å². The molecule has 2 aromatic rings. The maximum atomic E-state index is 14.5. The van der Waals surface area contributed by atoms with E-state index >= 15 is 0 Å². The number of para-hydroxylation sites is 1. The Balaban J connectivity index is 2.70. The van der Waals surface area contributed by atoms with Gasteiger partial charge < -0.3 is 20.3 Å². The van der Waals surface area contributed by atoms with Gasteiger partial charge in [-0.2, -0.15) is 0 Å². The van der Waals surface area contributed by atoms with Crippen LogP contribution in [0.25, 0.3) is 0 Å². The molecule has 0 heterocycles. The van der Waals surface area contributed by atoms with Crippen molar-refractivity contribution in [2.45, 2.75) is 113 Å². The molecule has 0 saturated carbocycles. The summed E-state index contributed by atoms with van der Waals surface area (Å²) >= 11 is 0. The third-order valence-corrected chi connectivity index (χ3v) is 6.83. The van der Waals surface area contributed by atoms with Crippen LogP contribution in [0.4, 0.5) is 10.5 Å². The summed E-state index contributed by atoms with van der Waals surface area (Å²) in [6.07, 6.45) is -0.272. The quantitative estimate of drug-likeness (QED) is 0.364. The van der Waals surface area contributed by atoms with Gasteiger partial charge in [0.15, 0.2) is 0 Å². The minimum absolute atomic E-state index is 0.105. The number of benzene rings is 2. The summed E-state index contributed by atoms with van der Waals surface area (Å²) in [5.41, 5.74) is 3.83. The molecule has 0 aliphatic heterocycles. The number of carbonyl (C=O) groups excluding carboxylic acids is 3. The molecule has 2 N–H and O–H groups in total. The van der Waals surface area contributed by atoms with E-state index < -0.39 is 29.3 Å². The molecule has 2 rings (SSSR count). The van der Waals surface area contributed by atoms with Gasteiger partial charge in [0.2, 0.25) is 5.91 Å². The van der Waals surface area contributed by atoms with E-state index in [1.165, 1.54) is 0 Å². The molecule has 0 saturated heterocycles. The van der Waals surface area contributed by atoms with Gasteiger partial charge in [0, 0.05) is 11.2 Å². The van der Waals surface area contributed by atoms with E-state index in [0.717, 1.165) is 33.5 Å². The Morgan fingerprint density at radius 1 is 0.850 bits per heavy atom. The smallest absolute Gasteiger partial charge is 0.408 e. The Bertz CT molecular complexity index is 1200. The van der Waals surface area contributed by atoms with Gasteiger partial charge in [-0.15, -0.1) is 0 Å². The van der Waals surface area contributed by atoms with Gasteiger partial charge in [-0.3, -0.25) is 9.59 Å². The highest BCUT2D eigenvalue weighted by Crippen LogP contribution is 2.34. The van der Waals surface area contributed by atoms with Crippen LogP contribution in [0, 0.1) is 33.6 Å². The lowest BCUT2D eigenvalue weighted by molar-refractivity contribution is -0.147. The molecule has 2 atom stereocenters. The number of nitrogens with one attached hydrogen (secondary N) is 2. The minimum atomic E-state index is -0.943. The first-order valence-electron chi connectivity index (χ1n) is 14.1. The van der Waals surface area contributed by atoms with Crippen LogP contribution < -0.4 is 10.6 Å². The zero-order valence-electron chi connectivity index (χ0n) is 26.5. The lowest BCUT2D eigenvalue weighted by Gasteiger charge is -2.43. The maximum Gasteiger partial charge on any atom is 0.408 e. The molecule has 40 heavy (non-hydrogen) atoms. The van der Waals surface area contributed by atoms with Gasteiger partial charge in [0.05, 0.1) is 0 Å². The van der Waals surface area contributed by atoms with Gasteiger partial charge in [-0.1, -0.05) is 50.2 Å². The van der Waals surface area contributed by atoms with E-state index in [4.69, 9.17) is 4.74 Å². The zero-order valence-corrected chi connectivity index (χ0v) is 26.5. The van der Waals surface area contributed by atoms with E-state index in [1.807, 2.05) is 98.7 Å². The number of alkyl carbamates (subject to hydrolysis) is 1. The summed E-state index contributed by atoms with van der Waals surface area (Å²) in [7, 11) is 0. The van der Waals surface area contributed by atoms with E-state index in [-0.39, 0.29) is 17.7 Å².